The van der Waals surface area contributed by atoms with Crippen LogP contribution in [0.15, 0.2) is 54.7 Å². The van der Waals surface area contributed by atoms with Crippen LogP contribution >= 0.6 is 12.4 Å². The molecule has 1 fully saturated rings. The molecule has 164 valence electrons. The molecule has 1 aromatic heterocycles. The number of aromatic nitrogens is 2. The molecule has 2 aromatic carbocycles. The van der Waals surface area contributed by atoms with Gasteiger partial charge in [0.1, 0.15) is 11.6 Å². The monoisotopic (exact) mass is 444 g/mol. The maximum absolute atomic E-state index is 13.4. The van der Waals surface area contributed by atoms with Crippen LogP contribution in [0.3, 0.4) is 0 Å². The third-order valence-electron chi connectivity index (χ3n) is 5.28. The molecule has 0 unspecified atom stereocenters. The maximum Gasteiger partial charge on any atom is 0.259 e. The summed E-state index contributed by atoms with van der Waals surface area (Å²) in [6.45, 7) is 4.18. The van der Waals surface area contributed by atoms with Crippen molar-refractivity contribution in [2.75, 3.05) is 25.0 Å². The molecular weight excluding hydrogens is 419 g/mol. The number of ether oxygens (including phenoxy) is 1. The fourth-order valence-electron chi connectivity index (χ4n) is 3.85. The molecular formula is C23H26ClFN4O2. The number of piperidine rings is 1. The Morgan fingerprint density at radius 2 is 1.90 bits per heavy atom. The number of benzene rings is 2. The van der Waals surface area contributed by atoms with E-state index in [9.17, 15) is 9.18 Å². The minimum atomic E-state index is -0.306. The Morgan fingerprint density at radius 1 is 1.19 bits per heavy atom. The van der Waals surface area contributed by atoms with Gasteiger partial charge in [-0.1, -0.05) is 12.1 Å². The molecule has 0 atom stereocenters. The third-order valence-corrected chi connectivity index (χ3v) is 5.28. The van der Waals surface area contributed by atoms with Crippen LogP contribution in [-0.2, 0) is 0 Å². The number of amides is 1. The Bertz CT molecular complexity index is 1020. The van der Waals surface area contributed by atoms with Crippen molar-refractivity contribution in [3.63, 3.8) is 0 Å². The van der Waals surface area contributed by atoms with E-state index >= 15 is 0 Å². The van der Waals surface area contributed by atoms with E-state index in [2.05, 4.69) is 15.7 Å². The lowest BCUT2D eigenvalue weighted by molar-refractivity contribution is 0.102. The number of rotatable bonds is 6. The second kappa shape index (κ2) is 10.4. The number of anilines is 1. The van der Waals surface area contributed by atoms with Gasteiger partial charge in [-0.15, -0.1) is 12.4 Å². The van der Waals surface area contributed by atoms with Gasteiger partial charge < -0.3 is 15.4 Å². The molecule has 1 amide bonds. The van der Waals surface area contributed by atoms with Crippen LogP contribution in [0.5, 0.6) is 5.75 Å². The molecule has 3 aromatic rings. The number of hydrogen-bond acceptors (Lipinski definition) is 4. The smallest absolute Gasteiger partial charge is 0.259 e. The molecule has 1 saturated heterocycles. The summed E-state index contributed by atoms with van der Waals surface area (Å²) in [5.41, 5.74) is 2.74. The quantitative estimate of drug-likeness (QED) is 0.585. The summed E-state index contributed by atoms with van der Waals surface area (Å²) in [5.74, 6) is 0.272. The normalized spacial score (nSPS) is 14.0. The summed E-state index contributed by atoms with van der Waals surface area (Å²) in [5, 5.41) is 10.8. The minimum Gasteiger partial charge on any atom is -0.492 e. The van der Waals surface area contributed by atoms with Gasteiger partial charge in [0, 0.05) is 5.92 Å². The van der Waals surface area contributed by atoms with Gasteiger partial charge in [-0.25, -0.2) is 9.07 Å². The highest BCUT2D eigenvalue weighted by Gasteiger charge is 2.27. The van der Waals surface area contributed by atoms with Crippen LogP contribution in [0, 0.1) is 5.82 Å². The Balaban J connectivity index is 0.00000272. The van der Waals surface area contributed by atoms with Crippen LogP contribution in [-0.4, -0.2) is 35.4 Å². The first-order chi connectivity index (χ1) is 14.7. The first kappa shape index (κ1) is 22.8. The van der Waals surface area contributed by atoms with Crippen molar-refractivity contribution in [1.29, 1.82) is 0 Å². The molecule has 2 N–H and O–H groups in total. The van der Waals surface area contributed by atoms with Gasteiger partial charge in [0.15, 0.2) is 0 Å². The van der Waals surface area contributed by atoms with Gasteiger partial charge >= 0.3 is 0 Å². The lowest BCUT2D eigenvalue weighted by Crippen LogP contribution is -2.29. The highest BCUT2D eigenvalue weighted by atomic mass is 35.5. The SMILES string of the molecule is CCOc1ccccc1NC(=O)c1cnn(-c2ccc(F)cc2)c1C1CCNCC1.Cl. The van der Waals surface area contributed by atoms with E-state index in [1.54, 1.807) is 23.0 Å². The molecule has 0 spiro atoms. The molecule has 6 nitrogen and oxygen atoms in total. The Labute approximate surface area is 187 Å². The van der Waals surface area contributed by atoms with E-state index in [1.165, 1.54) is 12.1 Å². The number of nitrogens with one attached hydrogen (secondary N) is 2. The van der Waals surface area contributed by atoms with Crippen LogP contribution < -0.4 is 15.4 Å². The number of nitrogens with zero attached hydrogens (tertiary/aromatic N) is 2. The Kier molecular flexibility index (Phi) is 7.65. The van der Waals surface area contributed by atoms with Crippen LogP contribution in [0.2, 0.25) is 0 Å². The summed E-state index contributed by atoms with van der Waals surface area (Å²) in [7, 11) is 0. The number of halogens is 2. The lowest BCUT2D eigenvalue weighted by atomic mass is 9.91. The molecule has 0 aliphatic carbocycles. The first-order valence-corrected chi connectivity index (χ1v) is 10.2. The van der Waals surface area contributed by atoms with Gasteiger partial charge in [0.05, 0.1) is 35.4 Å². The third kappa shape index (κ3) is 5.06. The van der Waals surface area contributed by atoms with Gasteiger partial charge in [-0.05, 0) is 69.3 Å². The van der Waals surface area contributed by atoms with Crippen molar-refractivity contribution >= 4 is 24.0 Å². The molecule has 1 aliphatic rings. The van der Waals surface area contributed by atoms with Crippen LogP contribution in [0.25, 0.3) is 5.69 Å². The molecule has 0 bridgehead atoms. The largest absolute Gasteiger partial charge is 0.492 e. The molecule has 8 heteroatoms. The number of carbonyl (C=O) groups excluding carboxylic acids is 1. The Morgan fingerprint density at radius 3 is 2.61 bits per heavy atom. The zero-order valence-corrected chi connectivity index (χ0v) is 18.1. The summed E-state index contributed by atoms with van der Waals surface area (Å²) in [6, 6.07) is 13.5. The highest BCUT2D eigenvalue weighted by Crippen LogP contribution is 2.31. The second-order valence-electron chi connectivity index (χ2n) is 7.24. The van der Waals surface area contributed by atoms with E-state index in [-0.39, 0.29) is 30.0 Å². The van der Waals surface area contributed by atoms with E-state index in [1.807, 2.05) is 31.2 Å². The number of carbonyl (C=O) groups is 1. The van der Waals surface area contributed by atoms with Crippen LogP contribution in [0.1, 0.15) is 41.7 Å². The molecule has 0 saturated carbocycles. The lowest BCUT2D eigenvalue weighted by Gasteiger charge is -2.24. The van der Waals surface area contributed by atoms with Crippen LogP contribution in [0.4, 0.5) is 10.1 Å². The van der Waals surface area contributed by atoms with Crippen molar-refractivity contribution in [1.82, 2.24) is 15.1 Å². The number of hydrogen-bond donors (Lipinski definition) is 2. The zero-order chi connectivity index (χ0) is 20.9. The maximum atomic E-state index is 13.4. The Hall–Kier alpha value is -2.90. The summed E-state index contributed by atoms with van der Waals surface area (Å²) in [4.78, 5) is 13.2. The van der Waals surface area contributed by atoms with E-state index < -0.39 is 0 Å². The van der Waals surface area contributed by atoms with Crippen molar-refractivity contribution in [3.8, 4) is 11.4 Å². The number of para-hydroxylation sites is 2. The van der Waals surface area contributed by atoms with Crippen molar-refractivity contribution in [2.45, 2.75) is 25.7 Å². The van der Waals surface area contributed by atoms with Gasteiger partial charge in [-0.3, -0.25) is 4.79 Å². The molecule has 31 heavy (non-hydrogen) atoms. The molecule has 2 heterocycles. The molecule has 0 radical (unpaired) electrons. The van der Waals surface area contributed by atoms with Crippen molar-refractivity contribution < 1.29 is 13.9 Å². The molecule has 1 aliphatic heterocycles. The van der Waals surface area contributed by atoms with Gasteiger partial charge in [0.25, 0.3) is 5.91 Å². The van der Waals surface area contributed by atoms with Gasteiger partial charge in [-0.2, -0.15) is 5.10 Å². The summed E-state index contributed by atoms with van der Waals surface area (Å²) < 4.78 is 20.8. The second-order valence-corrected chi connectivity index (χ2v) is 7.24. The summed E-state index contributed by atoms with van der Waals surface area (Å²) >= 11 is 0. The first-order valence-electron chi connectivity index (χ1n) is 10.2. The van der Waals surface area contributed by atoms with E-state index in [4.69, 9.17) is 4.74 Å². The average Bonchev–Trinajstić information content (AvgIpc) is 3.22. The predicted molar refractivity (Wildman–Crippen MR) is 121 cm³/mol. The van der Waals surface area contributed by atoms with Gasteiger partial charge in [0.2, 0.25) is 0 Å². The zero-order valence-electron chi connectivity index (χ0n) is 17.3. The standard InChI is InChI=1S/C23H25FN4O2.ClH/c1-2-30-21-6-4-3-5-20(21)27-23(29)19-15-26-28(18-9-7-17(24)8-10-18)22(19)16-11-13-25-14-12-16;/h3-10,15-16,25H,2,11-14H2,1H3,(H,27,29);1H. The topological polar surface area (TPSA) is 68.2 Å². The molecule has 4 rings (SSSR count). The van der Waals surface area contributed by atoms with E-state index in [0.717, 1.165) is 37.3 Å². The predicted octanol–water partition coefficient (Wildman–Crippen LogP) is 4.55. The fraction of sp³-hybridized carbons (Fsp3) is 0.304. The minimum absolute atomic E-state index is 0. The van der Waals surface area contributed by atoms with Crippen molar-refractivity contribution in [2.24, 2.45) is 0 Å². The van der Waals surface area contributed by atoms with Crippen molar-refractivity contribution in [3.05, 3.63) is 71.8 Å². The van der Waals surface area contributed by atoms with E-state index in [0.29, 0.717) is 23.6 Å². The fourth-order valence-corrected chi connectivity index (χ4v) is 3.85. The highest BCUT2D eigenvalue weighted by molar-refractivity contribution is 6.05. The average molecular weight is 445 g/mol. The summed E-state index contributed by atoms with van der Waals surface area (Å²) in [6.07, 6.45) is 3.41.